The molecular formula is C16H21NO2. The molecule has 0 saturated carbocycles. The second kappa shape index (κ2) is 7.10. The van der Waals surface area contributed by atoms with Gasteiger partial charge in [-0.3, -0.25) is 4.90 Å². The zero-order valence-corrected chi connectivity index (χ0v) is 11.5. The number of esters is 1. The molecule has 3 heteroatoms. The molecule has 0 atom stereocenters. The second-order valence-electron chi connectivity index (χ2n) is 4.91. The van der Waals surface area contributed by atoms with E-state index in [1.165, 1.54) is 26.4 Å². The number of hydrogen-bond acceptors (Lipinski definition) is 3. The molecule has 1 heterocycles. The Bertz CT molecular complexity index is 433. The lowest BCUT2D eigenvalue weighted by molar-refractivity contribution is -0.136. The van der Waals surface area contributed by atoms with E-state index in [1.807, 2.05) is 36.4 Å². The van der Waals surface area contributed by atoms with Crippen molar-refractivity contribution in [3.63, 3.8) is 0 Å². The Morgan fingerprint density at radius 3 is 2.53 bits per heavy atom. The van der Waals surface area contributed by atoms with Gasteiger partial charge >= 0.3 is 5.97 Å². The van der Waals surface area contributed by atoms with Gasteiger partial charge in [0.15, 0.2) is 0 Å². The summed E-state index contributed by atoms with van der Waals surface area (Å²) < 4.78 is 4.89. The third-order valence-electron chi connectivity index (χ3n) is 3.43. The van der Waals surface area contributed by atoms with Crippen LogP contribution in [0.25, 0.3) is 6.08 Å². The maximum atomic E-state index is 11.9. The molecule has 0 unspecified atom stereocenters. The Balaban J connectivity index is 2.11. The molecule has 0 amide bonds. The van der Waals surface area contributed by atoms with Crippen LogP contribution in [0.3, 0.4) is 0 Å². The maximum absolute atomic E-state index is 11.9. The van der Waals surface area contributed by atoms with E-state index in [9.17, 15) is 4.79 Å². The van der Waals surface area contributed by atoms with Crippen LogP contribution in [0.1, 0.15) is 24.8 Å². The van der Waals surface area contributed by atoms with E-state index < -0.39 is 0 Å². The lowest BCUT2D eigenvalue weighted by Gasteiger charge is -2.26. The van der Waals surface area contributed by atoms with E-state index in [0.29, 0.717) is 6.54 Å². The van der Waals surface area contributed by atoms with Gasteiger partial charge < -0.3 is 4.74 Å². The Kier molecular flexibility index (Phi) is 5.16. The van der Waals surface area contributed by atoms with Gasteiger partial charge in [-0.2, -0.15) is 0 Å². The van der Waals surface area contributed by atoms with E-state index in [0.717, 1.165) is 24.2 Å². The Hall–Kier alpha value is -1.61. The molecule has 1 saturated heterocycles. The van der Waals surface area contributed by atoms with Gasteiger partial charge in [-0.1, -0.05) is 36.8 Å². The van der Waals surface area contributed by atoms with Crippen molar-refractivity contribution in [1.29, 1.82) is 0 Å². The molecular weight excluding hydrogens is 238 g/mol. The highest BCUT2D eigenvalue weighted by molar-refractivity contribution is 5.94. The first-order valence-corrected chi connectivity index (χ1v) is 6.86. The number of carbonyl (C=O) groups excluding carboxylic acids is 1. The highest BCUT2D eigenvalue weighted by Crippen LogP contribution is 2.14. The molecule has 1 aromatic rings. The molecule has 2 rings (SSSR count). The fraction of sp³-hybridized carbons (Fsp3) is 0.438. The number of rotatable bonds is 4. The van der Waals surface area contributed by atoms with E-state index in [1.54, 1.807) is 0 Å². The highest BCUT2D eigenvalue weighted by atomic mass is 16.5. The summed E-state index contributed by atoms with van der Waals surface area (Å²) >= 11 is 0. The van der Waals surface area contributed by atoms with Gasteiger partial charge in [0.2, 0.25) is 0 Å². The van der Waals surface area contributed by atoms with E-state index in [4.69, 9.17) is 4.74 Å². The van der Waals surface area contributed by atoms with Crippen LogP contribution in [0, 0.1) is 0 Å². The topological polar surface area (TPSA) is 29.5 Å². The minimum Gasteiger partial charge on any atom is -0.466 e. The molecule has 1 aliphatic heterocycles. The lowest BCUT2D eigenvalue weighted by Crippen LogP contribution is -2.33. The number of hydrogen-bond donors (Lipinski definition) is 0. The first-order chi connectivity index (χ1) is 9.29. The van der Waals surface area contributed by atoms with Crippen molar-refractivity contribution in [3.8, 4) is 0 Å². The van der Waals surface area contributed by atoms with E-state index >= 15 is 0 Å². The molecule has 0 spiro atoms. The standard InChI is InChI=1S/C16H21NO2/c1-19-16(18)15(12-14-8-4-2-5-9-14)13-17-10-6-3-7-11-17/h2,4-5,8-9,12H,3,6-7,10-11,13H2,1H3. The summed E-state index contributed by atoms with van der Waals surface area (Å²) in [6.07, 6.45) is 5.67. The summed E-state index contributed by atoms with van der Waals surface area (Å²) in [5.74, 6) is -0.227. The van der Waals surface area contributed by atoms with Crippen LogP contribution in [-0.2, 0) is 9.53 Å². The van der Waals surface area contributed by atoms with Gasteiger partial charge in [0.25, 0.3) is 0 Å². The molecule has 0 aliphatic carbocycles. The molecule has 1 aliphatic rings. The van der Waals surface area contributed by atoms with Crippen LogP contribution in [0.4, 0.5) is 0 Å². The third kappa shape index (κ3) is 4.21. The summed E-state index contributed by atoms with van der Waals surface area (Å²) in [4.78, 5) is 14.2. The highest BCUT2D eigenvalue weighted by Gasteiger charge is 2.16. The van der Waals surface area contributed by atoms with Crippen molar-refractivity contribution in [2.45, 2.75) is 19.3 Å². The van der Waals surface area contributed by atoms with Gasteiger partial charge in [-0.05, 0) is 37.6 Å². The first-order valence-electron chi connectivity index (χ1n) is 6.86. The lowest BCUT2D eigenvalue weighted by atomic mass is 10.1. The average Bonchev–Trinajstić information content (AvgIpc) is 2.48. The summed E-state index contributed by atoms with van der Waals surface area (Å²) in [5, 5.41) is 0. The maximum Gasteiger partial charge on any atom is 0.335 e. The number of likely N-dealkylation sites (tertiary alicyclic amines) is 1. The van der Waals surface area contributed by atoms with Crippen LogP contribution < -0.4 is 0 Å². The summed E-state index contributed by atoms with van der Waals surface area (Å²) in [6, 6.07) is 9.92. The molecule has 1 aromatic carbocycles. The number of carbonyl (C=O) groups is 1. The van der Waals surface area contributed by atoms with Crippen molar-refractivity contribution in [2.24, 2.45) is 0 Å². The minimum atomic E-state index is -0.227. The number of nitrogens with zero attached hydrogens (tertiary/aromatic N) is 1. The van der Waals surface area contributed by atoms with Gasteiger partial charge in [-0.15, -0.1) is 0 Å². The quantitative estimate of drug-likeness (QED) is 0.615. The average molecular weight is 259 g/mol. The van der Waals surface area contributed by atoms with Gasteiger partial charge in [0.05, 0.1) is 12.7 Å². The Morgan fingerprint density at radius 1 is 1.21 bits per heavy atom. The molecule has 0 N–H and O–H groups in total. The Labute approximate surface area is 114 Å². The first kappa shape index (κ1) is 13.8. The number of benzene rings is 1. The van der Waals surface area contributed by atoms with Crippen molar-refractivity contribution in [2.75, 3.05) is 26.7 Å². The van der Waals surface area contributed by atoms with Crippen molar-refractivity contribution in [3.05, 3.63) is 41.5 Å². The number of piperidine rings is 1. The number of ether oxygens (including phenoxy) is 1. The summed E-state index contributed by atoms with van der Waals surface area (Å²) in [7, 11) is 1.44. The normalized spacial score (nSPS) is 17.2. The van der Waals surface area contributed by atoms with Crippen LogP contribution in [0.2, 0.25) is 0 Å². The zero-order chi connectivity index (χ0) is 13.5. The summed E-state index contributed by atoms with van der Waals surface area (Å²) in [6.45, 7) is 2.83. The molecule has 102 valence electrons. The molecule has 1 fully saturated rings. The van der Waals surface area contributed by atoms with Gasteiger partial charge in [0, 0.05) is 6.54 Å². The zero-order valence-electron chi connectivity index (χ0n) is 11.5. The fourth-order valence-electron chi connectivity index (χ4n) is 2.41. The molecule has 3 nitrogen and oxygen atoms in total. The van der Waals surface area contributed by atoms with E-state index in [-0.39, 0.29) is 5.97 Å². The monoisotopic (exact) mass is 259 g/mol. The molecule has 19 heavy (non-hydrogen) atoms. The van der Waals surface area contributed by atoms with Crippen LogP contribution >= 0.6 is 0 Å². The molecule has 0 aromatic heterocycles. The largest absolute Gasteiger partial charge is 0.466 e. The van der Waals surface area contributed by atoms with Crippen molar-refractivity contribution in [1.82, 2.24) is 4.90 Å². The van der Waals surface area contributed by atoms with Gasteiger partial charge in [-0.25, -0.2) is 4.79 Å². The van der Waals surface area contributed by atoms with E-state index in [2.05, 4.69) is 4.90 Å². The fourth-order valence-corrected chi connectivity index (χ4v) is 2.41. The second-order valence-corrected chi connectivity index (χ2v) is 4.91. The Morgan fingerprint density at radius 2 is 1.89 bits per heavy atom. The predicted molar refractivity (Wildman–Crippen MR) is 76.7 cm³/mol. The minimum absolute atomic E-state index is 0.227. The van der Waals surface area contributed by atoms with Crippen molar-refractivity contribution < 1.29 is 9.53 Å². The SMILES string of the molecule is COC(=O)C(=Cc1ccccc1)CN1CCCCC1. The van der Waals surface area contributed by atoms with Crippen LogP contribution in [0.5, 0.6) is 0 Å². The van der Waals surface area contributed by atoms with Crippen molar-refractivity contribution >= 4 is 12.0 Å². The summed E-state index contributed by atoms with van der Waals surface area (Å²) in [5.41, 5.74) is 1.77. The molecule has 0 bridgehead atoms. The third-order valence-corrected chi connectivity index (χ3v) is 3.43. The van der Waals surface area contributed by atoms with Crippen LogP contribution in [0.15, 0.2) is 35.9 Å². The smallest absolute Gasteiger partial charge is 0.335 e. The molecule has 0 radical (unpaired) electrons. The van der Waals surface area contributed by atoms with Crippen LogP contribution in [-0.4, -0.2) is 37.6 Å². The van der Waals surface area contributed by atoms with Gasteiger partial charge in [0.1, 0.15) is 0 Å². The predicted octanol–water partition coefficient (Wildman–Crippen LogP) is 2.73. The number of methoxy groups -OCH3 is 1.